The van der Waals surface area contributed by atoms with Crippen LogP contribution in [-0.2, 0) is 13.1 Å². The van der Waals surface area contributed by atoms with Gasteiger partial charge in [-0.25, -0.2) is 4.98 Å². The van der Waals surface area contributed by atoms with Crippen molar-refractivity contribution in [1.29, 1.82) is 0 Å². The van der Waals surface area contributed by atoms with Crippen molar-refractivity contribution < 1.29 is 0 Å². The molecule has 0 N–H and O–H groups in total. The van der Waals surface area contributed by atoms with Crippen LogP contribution in [0.1, 0.15) is 23.0 Å². The fraction of sp³-hybridized carbons (Fsp3) is 0.350. The van der Waals surface area contributed by atoms with E-state index in [0.717, 1.165) is 37.4 Å². The van der Waals surface area contributed by atoms with Gasteiger partial charge in [0, 0.05) is 60.6 Å². The van der Waals surface area contributed by atoms with E-state index in [0.29, 0.717) is 11.8 Å². The lowest BCUT2D eigenvalue weighted by Crippen LogP contribution is -2.46. The van der Waals surface area contributed by atoms with Crippen LogP contribution in [0.25, 0.3) is 11.3 Å². The molecule has 0 saturated carbocycles. The van der Waals surface area contributed by atoms with Crippen molar-refractivity contribution >= 4 is 11.3 Å². The normalized spacial score (nSPS) is 22.2. The van der Waals surface area contributed by atoms with Crippen LogP contribution >= 0.6 is 11.3 Å². The summed E-state index contributed by atoms with van der Waals surface area (Å²) in [6.45, 7) is 3.77. The molecule has 2 aliphatic heterocycles. The molecule has 0 aliphatic carbocycles. The minimum absolute atomic E-state index is 0.103. The van der Waals surface area contributed by atoms with E-state index in [4.69, 9.17) is 0 Å². The second-order valence-electron chi connectivity index (χ2n) is 7.25. The minimum Gasteiger partial charge on any atom is -0.312 e. The van der Waals surface area contributed by atoms with Gasteiger partial charge in [-0.1, -0.05) is 6.07 Å². The highest BCUT2D eigenvalue weighted by molar-refractivity contribution is 7.09. The molecule has 132 valence electrons. The van der Waals surface area contributed by atoms with Gasteiger partial charge in [-0.3, -0.25) is 14.7 Å². The van der Waals surface area contributed by atoms with Crippen LogP contribution in [0.2, 0.25) is 0 Å². The van der Waals surface area contributed by atoms with Crippen LogP contribution in [0.3, 0.4) is 0 Å². The second kappa shape index (κ2) is 6.45. The molecule has 2 aliphatic rings. The van der Waals surface area contributed by atoms with Gasteiger partial charge >= 0.3 is 0 Å². The van der Waals surface area contributed by atoms with Crippen molar-refractivity contribution in [3.63, 3.8) is 0 Å². The molecule has 3 aromatic heterocycles. The highest BCUT2D eigenvalue weighted by Crippen LogP contribution is 2.36. The van der Waals surface area contributed by atoms with Gasteiger partial charge in [0.2, 0.25) is 0 Å². The van der Waals surface area contributed by atoms with Crippen LogP contribution in [-0.4, -0.2) is 32.5 Å². The zero-order valence-electron chi connectivity index (χ0n) is 14.4. The molecule has 5 heterocycles. The average molecular weight is 364 g/mol. The molecule has 0 spiro atoms. The van der Waals surface area contributed by atoms with Crippen LogP contribution in [0.15, 0.2) is 52.9 Å². The smallest absolute Gasteiger partial charge is 0.251 e. The molecule has 0 radical (unpaired) electrons. The third kappa shape index (κ3) is 2.89. The molecule has 1 fully saturated rings. The third-order valence-corrected chi connectivity index (χ3v) is 6.20. The predicted molar refractivity (Wildman–Crippen MR) is 102 cm³/mol. The Morgan fingerprint density at radius 1 is 1.12 bits per heavy atom. The molecule has 3 aromatic rings. The van der Waals surface area contributed by atoms with E-state index in [-0.39, 0.29) is 5.56 Å². The number of piperidine rings is 1. The maximum absolute atomic E-state index is 12.7. The topological polar surface area (TPSA) is 51.0 Å². The Morgan fingerprint density at radius 2 is 2.08 bits per heavy atom. The number of rotatable bonds is 3. The highest BCUT2D eigenvalue weighted by Gasteiger charge is 2.35. The fourth-order valence-electron chi connectivity index (χ4n) is 4.39. The molecular formula is C20H20N4OS. The first-order valence-corrected chi connectivity index (χ1v) is 9.91. The molecular weight excluding hydrogens is 344 g/mol. The van der Waals surface area contributed by atoms with Gasteiger partial charge < -0.3 is 4.57 Å². The molecule has 2 atom stereocenters. The first kappa shape index (κ1) is 15.9. The van der Waals surface area contributed by atoms with Crippen LogP contribution in [0.4, 0.5) is 0 Å². The van der Waals surface area contributed by atoms with E-state index < -0.39 is 0 Å². The van der Waals surface area contributed by atoms with Gasteiger partial charge in [-0.15, -0.1) is 11.3 Å². The lowest BCUT2D eigenvalue weighted by atomic mass is 9.82. The zero-order valence-corrected chi connectivity index (χ0v) is 15.2. The van der Waals surface area contributed by atoms with Crippen LogP contribution in [0, 0.1) is 5.92 Å². The summed E-state index contributed by atoms with van der Waals surface area (Å²) in [5.74, 6) is 0.943. The van der Waals surface area contributed by atoms with Gasteiger partial charge in [0.1, 0.15) is 5.01 Å². The first-order chi connectivity index (χ1) is 12.8. The zero-order chi connectivity index (χ0) is 17.5. The Morgan fingerprint density at radius 3 is 2.88 bits per heavy atom. The van der Waals surface area contributed by atoms with E-state index in [1.165, 1.54) is 17.1 Å². The lowest BCUT2D eigenvalue weighted by Gasteiger charge is -2.42. The van der Waals surface area contributed by atoms with E-state index in [9.17, 15) is 4.79 Å². The summed E-state index contributed by atoms with van der Waals surface area (Å²) in [6.07, 6.45) is 4.82. The molecule has 0 aromatic carbocycles. The molecule has 0 unspecified atom stereocenters. The van der Waals surface area contributed by atoms with E-state index in [1.54, 1.807) is 23.6 Å². The van der Waals surface area contributed by atoms with E-state index in [1.807, 2.05) is 34.3 Å². The third-order valence-electron chi connectivity index (χ3n) is 5.43. The Bertz CT molecular complexity index is 967. The quantitative estimate of drug-likeness (QED) is 0.717. The van der Waals surface area contributed by atoms with Crippen molar-refractivity contribution in [1.82, 2.24) is 19.4 Å². The maximum Gasteiger partial charge on any atom is 0.251 e. The minimum atomic E-state index is 0.103. The second-order valence-corrected chi connectivity index (χ2v) is 8.23. The molecule has 26 heavy (non-hydrogen) atoms. The van der Waals surface area contributed by atoms with Crippen molar-refractivity contribution in [2.45, 2.75) is 25.4 Å². The van der Waals surface area contributed by atoms with Crippen LogP contribution < -0.4 is 5.56 Å². The Balaban J connectivity index is 1.48. The summed E-state index contributed by atoms with van der Waals surface area (Å²) in [6, 6.07) is 9.74. The molecule has 5 nitrogen and oxygen atoms in total. The summed E-state index contributed by atoms with van der Waals surface area (Å²) in [5.41, 5.74) is 3.06. The van der Waals surface area contributed by atoms with Gasteiger partial charge in [-0.2, -0.15) is 0 Å². The lowest BCUT2D eigenvalue weighted by molar-refractivity contribution is 0.114. The maximum atomic E-state index is 12.7. The van der Waals surface area contributed by atoms with Gasteiger partial charge in [-0.05, 0) is 30.5 Å². The number of thiazole rings is 1. The van der Waals surface area contributed by atoms with Crippen LogP contribution in [0.5, 0.6) is 0 Å². The van der Waals surface area contributed by atoms with Crippen molar-refractivity contribution in [2.75, 3.05) is 13.1 Å². The number of nitrogens with zero attached hydrogens (tertiary/aromatic N) is 4. The standard InChI is InChI=1S/C20H20N4OS/c25-20-9-15(17-3-1-2-4-21-17)8-18-16-7-14(11-24(18)20)10-23(12-16)13-19-22-5-6-26-19/h1-6,8-9,14,16H,7,10-13H2/t14-,16+/m0/s1. The Hall–Kier alpha value is -2.31. The summed E-state index contributed by atoms with van der Waals surface area (Å²) in [4.78, 5) is 24.1. The van der Waals surface area contributed by atoms with Gasteiger partial charge in [0.15, 0.2) is 0 Å². The largest absolute Gasteiger partial charge is 0.312 e. The van der Waals surface area contributed by atoms with E-state index >= 15 is 0 Å². The van der Waals surface area contributed by atoms with E-state index in [2.05, 4.69) is 20.9 Å². The number of pyridine rings is 2. The summed E-state index contributed by atoms with van der Waals surface area (Å²) >= 11 is 1.72. The number of aromatic nitrogens is 3. The monoisotopic (exact) mass is 364 g/mol. The number of hydrogen-bond acceptors (Lipinski definition) is 5. The van der Waals surface area contributed by atoms with Crippen molar-refractivity contribution in [2.24, 2.45) is 5.92 Å². The molecule has 5 rings (SSSR count). The Labute approximate surface area is 156 Å². The number of likely N-dealkylation sites (tertiary alicyclic amines) is 1. The van der Waals surface area contributed by atoms with Crippen molar-refractivity contribution in [3.05, 3.63) is 69.2 Å². The predicted octanol–water partition coefficient (Wildman–Crippen LogP) is 2.99. The van der Waals surface area contributed by atoms with Gasteiger partial charge in [0.25, 0.3) is 5.56 Å². The molecule has 6 heteroatoms. The first-order valence-electron chi connectivity index (χ1n) is 9.03. The van der Waals surface area contributed by atoms with Crippen molar-refractivity contribution in [3.8, 4) is 11.3 Å². The summed E-state index contributed by atoms with van der Waals surface area (Å²) in [5, 5.41) is 3.21. The number of fused-ring (bicyclic) bond motifs is 4. The average Bonchev–Trinajstić information content (AvgIpc) is 3.16. The molecule has 0 amide bonds. The highest BCUT2D eigenvalue weighted by atomic mass is 32.1. The summed E-state index contributed by atoms with van der Waals surface area (Å²) < 4.78 is 1.99. The fourth-order valence-corrected chi connectivity index (χ4v) is 5.05. The molecule has 2 bridgehead atoms. The SMILES string of the molecule is O=c1cc(-c2ccccn2)cc2n1C[C@H]1C[C@@H]2CN(Cc2nccs2)C1. The summed E-state index contributed by atoms with van der Waals surface area (Å²) in [7, 11) is 0. The number of hydrogen-bond donors (Lipinski definition) is 0. The Kier molecular flexibility index (Phi) is 3.94. The van der Waals surface area contributed by atoms with Gasteiger partial charge in [0.05, 0.1) is 12.2 Å². The molecule has 1 saturated heterocycles.